The Bertz CT molecular complexity index is 1480. The number of aromatic nitrogens is 5. The summed E-state index contributed by atoms with van der Waals surface area (Å²) in [4.78, 5) is 27.7. The Morgan fingerprint density at radius 2 is 1.92 bits per heavy atom. The lowest BCUT2D eigenvalue weighted by atomic mass is 10.1. The number of fused-ring (bicyclic) bond motifs is 1. The smallest absolute Gasteiger partial charge is 0.330 e. The summed E-state index contributed by atoms with van der Waals surface area (Å²) in [6.07, 6.45) is 9.08. The van der Waals surface area contributed by atoms with Gasteiger partial charge in [0.15, 0.2) is 17.4 Å². The summed E-state index contributed by atoms with van der Waals surface area (Å²) in [7, 11) is 3.14. The summed E-state index contributed by atoms with van der Waals surface area (Å²) >= 11 is 0. The molecule has 1 aliphatic heterocycles. The molecule has 11 heteroatoms. The van der Waals surface area contributed by atoms with Gasteiger partial charge in [0, 0.05) is 56.9 Å². The quantitative estimate of drug-likeness (QED) is 0.287. The number of rotatable bonds is 6. The predicted molar refractivity (Wildman–Crippen MR) is 133 cm³/mol. The molecular weight excluding hydrogens is 482 g/mol. The van der Waals surface area contributed by atoms with Gasteiger partial charge in [-0.25, -0.2) is 23.5 Å². The van der Waals surface area contributed by atoms with Gasteiger partial charge in [-0.05, 0) is 24.3 Å². The van der Waals surface area contributed by atoms with Gasteiger partial charge in [-0.2, -0.15) is 5.10 Å². The second-order valence-corrected chi connectivity index (χ2v) is 8.63. The van der Waals surface area contributed by atoms with Crippen molar-refractivity contribution in [3.05, 3.63) is 66.3 Å². The molecule has 0 saturated carbocycles. The molecule has 1 aromatic carbocycles. The van der Waals surface area contributed by atoms with Crippen molar-refractivity contribution in [1.29, 1.82) is 0 Å². The Kier molecular flexibility index (Phi) is 6.76. The van der Waals surface area contributed by atoms with Crippen LogP contribution < -0.4 is 9.64 Å². The van der Waals surface area contributed by atoms with E-state index in [1.165, 1.54) is 25.3 Å². The highest BCUT2D eigenvalue weighted by molar-refractivity contribution is 5.88. The SMILES string of the molecule is COC(=O)/C=C/c1cc2nc(N3CCC(Oc4ccc(F)cc4F)CC3)c(-c3cnn(C)c3)nc2cn1. The molecule has 0 aliphatic carbocycles. The van der Waals surface area contributed by atoms with Crippen molar-refractivity contribution < 1.29 is 23.0 Å². The standard InChI is InChI=1S/C26H24F2N6O3/c1-33-15-16(13-30-33)25-26(32-21-12-18(4-6-24(35)36-2)29-14-22(21)31-25)34-9-7-19(8-10-34)37-23-5-3-17(27)11-20(23)28/h3-6,11-15,19H,7-10H2,1-2H3/b6-4+. The largest absolute Gasteiger partial charge is 0.487 e. The number of pyridine rings is 1. The molecule has 0 N–H and O–H groups in total. The number of ether oxygens (including phenoxy) is 2. The molecule has 1 fully saturated rings. The summed E-state index contributed by atoms with van der Waals surface area (Å²) in [6, 6.07) is 5.07. The zero-order valence-corrected chi connectivity index (χ0v) is 20.3. The second-order valence-electron chi connectivity index (χ2n) is 8.63. The topological polar surface area (TPSA) is 95.3 Å². The van der Waals surface area contributed by atoms with E-state index in [1.807, 2.05) is 13.2 Å². The van der Waals surface area contributed by atoms with Crippen molar-refractivity contribution in [2.24, 2.45) is 7.05 Å². The van der Waals surface area contributed by atoms with Crippen molar-refractivity contribution in [3.8, 4) is 17.0 Å². The third kappa shape index (κ3) is 5.40. The summed E-state index contributed by atoms with van der Waals surface area (Å²) in [5.74, 6) is -1.11. The van der Waals surface area contributed by atoms with Crippen LogP contribution in [-0.4, -0.2) is 57.0 Å². The van der Waals surface area contributed by atoms with Crippen LogP contribution in [0.2, 0.25) is 0 Å². The number of piperidine rings is 1. The van der Waals surface area contributed by atoms with E-state index in [9.17, 15) is 13.6 Å². The number of aryl methyl sites for hydroxylation is 1. The Morgan fingerprint density at radius 1 is 1.11 bits per heavy atom. The highest BCUT2D eigenvalue weighted by atomic mass is 19.1. The Balaban J connectivity index is 1.43. The Morgan fingerprint density at radius 3 is 2.62 bits per heavy atom. The number of carbonyl (C=O) groups is 1. The second kappa shape index (κ2) is 10.3. The number of benzene rings is 1. The van der Waals surface area contributed by atoms with E-state index in [-0.39, 0.29) is 11.9 Å². The van der Waals surface area contributed by atoms with Crippen molar-refractivity contribution in [3.63, 3.8) is 0 Å². The maximum atomic E-state index is 14.1. The molecule has 190 valence electrons. The number of halogens is 2. The number of nitrogens with zero attached hydrogens (tertiary/aromatic N) is 6. The van der Waals surface area contributed by atoms with Gasteiger partial charge in [0.1, 0.15) is 23.1 Å². The van der Waals surface area contributed by atoms with Gasteiger partial charge >= 0.3 is 5.97 Å². The van der Waals surface area contributed by atoms with Gasteiger partial charge in [-0.3, -0.25) is 9.67 Å². The van der Waals surface area contributed by atoms with Gasteiger partial charge in [-0.1, -0.05) is 0 Å². The minimum absolute atomic E-state index is 0.0430. The summed E-state index contributed by atoms with van der Waals surface area (Å²) in [5, 5.41) is 4.28. The molecule has 0 atom stereocenters. The van der Waals surface area contributed by atoms with Gasteiger partial charge in [-0.15, -0.1) is 0 Å². The maximum absolute atomic E-state index is 14.1. The first-order chi connectivity index (χ1) is 17.9. The van der Waals surface area contributed by atoms with E-state index >= 15 is 0 Å². The average Bonchev–Trinajstić information content (AvgIpc) is 3.34. The molecule has 37 heavy (non-hydrogen) atoms. The lowest BCUT2D eigenvalue weighted by Gasteiger charge is -2.33. The minimum atomic E-state index is -0.715. The van der Waals surface area contributed by atoms with Crippen LogP contribution >= 0.6 is 0 Å². The molecular formula is C26H24F2N6O3. The number of esters is 1. The number of anilines is 1. The molecule has 0 radical (unpaired) electrons. The average molecular weight is 507 g/mol. The van der Waals surface area contributed by atoms with Crippen LogP contribution in [0.1, 0.15) is 18.5 Å². The molecule has 1 saturated heterocycles. The molecule has 4 aromatic rings. The van der Waals surface area contributed by atoms with E-state index in [0.29, 0.717) is 54.2 Å². The third-order valence-corrected chi connectivity index (χ3v) is 6.05. The van der Waals surface area contributed by atoms with Gasteiger partial charge in [0.25, 0.3) is 0 Å². The van der Waals surface area contributed by atoms with E-state index in [1.54, 1.807) is 29.2 Å². The van der Waals surface area contributed by atoms with Crippen LogP contribution in [0, 0.1) is 11.6 Å². The predicted octanol–water partition coefficient (Wildman–Crippen LogP) is 3.94. The summed E-state index contributed by atoms with van der Waals surface area (Å²) < 4.78 is 39.4. The van der Waals surface area contributed by atoms with Crippen LogP contribution in [-0.2, 0) is 16.6 Å². The van der Waals surface area contributed by atoms with Crippen molar-refractivity contribution in [2.75, 3.05) is 25.1 Å². The molecule has 1 aliphatic rings. The normalized spacial score (nSPS) is 14.4. The van der Waals surface area contributed by atoms with E-state index in [4.69, 9.17) is 14.7 Å². The molecule has 9 nitrogen and oxygen atoms in total. The summed E-state index contributed by atoms with van der Waals surface area (Å²) in [5.41, 5.74) is 3.25. The highest BCUT2D eigenvalue weighted by Crippen LogP contribution is 2.32. The lowest BCUT2D eigenvalue weighted by Crippen LogP contribution is -2.39. The van der Waals surface area contributed by atoms with Gasteiger partial charge in [0.2, 0.25) is 0 Å². The molecule has 0 spiro atoms. The van der Waals surface area contributed by atoms with E-state index < -0.39 is 17.6 Å². The van der Waals surface area contributed by atoms with Crippen LogP contribution in [0.15, 0.2) is 48.9 Å². The Hall–Kier alpha value is -4.41. The minimum Gasteiger partial charge on any atom is -0.487 e. The molecule has 5 rings (SSSR count). The van der Waals surface area contributed by atoms with Gasteiger partial charge in [0.05, 0.1) is 30.7 Å². The van der Waals surface area contributed by atoms with E-state index in [2.05, 4.69) is 19.7 Å². The van der Waals surface area contributed by atoms with Gasteiger partial charge < -0.3 is 14.4 Å². The fourth-order valence-corrected chi connectivity index (χ4v) is 4.17. The van der Waals surface area contributed by atoms with Crippen LogP contribution in [0.3, 0.4) is 0 Å². The molecule has 0 amide bonds. The molecule has 0 bridgehead atoms. The number of methoxy groups -OCH3 is 1. The van der Waals surface area contributed by atoms with Crippen LogP contribution in [0.25, 0.3) is 28.4 Å². The fourth-order valence-electron chi connectivity index (χ4n) is 4.17. The first-order valence-electron chi connectivity index (χ1n) is 11.7. The number of hydrogen-bond acceptors (Lipinski definition) is 8. The maximum Gasteiger partial charge on any atom is 0.330 e. The van der Waals surface area contributed by atoms with Crippen molar-refractivity contribution in [2.45, 2.75) is 18.9 Å². The highest BCUT2D eigenvalue weighted by Gasteiger charge is 2.26. The van der Waals surface area contributed by atoms with E-state index in [0.717, 1.165) is 11.6 Å². The van der Waals surface area contributed by atoms with Crippen molar-refractivity contribution in [1.82, 2.24) is 24.7 Å². The Labute approximate surface area is 211 Å². The number of hydrogen-bond donors (Lipinski definition) is 0. The molecule has 3 aromatic heterocycles. The third-order valence-electron chi connectivity index (χ3n) is 6.05. The monoisotopic (exact) mass is 506 g/mol. The molecule has 0 unspecified atom stereocenters. The number of carbonyl (C=O) groups excluding carboxylic acids is 1. The summed E-state index contributed by atoms with van der Waals surface area (Å²) in [6.45, 7) is 1.20. The zero-order valence-electron chi connectivity index (χ0n) is 20.3. The van der Waals surface area contributed by atoms with Crippen LogP contribution in [0.5, 0.6) is 5.75 Å². The zero-order chi connectivity index (χ0) is 25.9. The first-order valence-corrected chi connectivity index (χ1v) is 11.7. The lowest BCUT2D eigenvalue weighted by molar-refractivity contribution is -0.134. The van der Waals surface area contributed by atoms with Crippen molar-refractivity contribution >= 4 is 28.9 Å². The molecule has 4 heterocycles. The van der Waals surface area contributed by atoms with Crippen LogP contribution in [0.4, 0.5) is 14.6 Å². The first kappa shape index (κ1) is 24.3. The fraction of sp³-hybridized carbons (Fsp3) is 0.269.